The van der Waals surface area contributed by atoms with Gasteiger partial charge in [-0.05, 0) is 12.5 Å². The van der Waals surface area contributed by atoms with Gasteiger partial charge >= 0.3 is 5.97 Å². The maximum absolute atomic E-state index is 11.2. The number of nitro benzene ring substituents is 1. The first kappa shape index (κ1) is 16.1. The Morgan fingerprint density at radius 2 is 2.20 bits per heavy atom. The molecule has 1 rings (SSSR count). The Bertz CT molecular complexity index is 476. The summed E-state index contributed by atoms with van der Waals surface area (Å²) >= 11 is 0. The van der Waals surface area contributed by atoms with Crippen molar-refractivity contribution >= 4 is 11.7 Å². The quantitative estimate of drug-likeness (QED) is 0.440. The van der Waals surface area contributed by atoms with Crippen molar-refractivity contribution in [1.82, 2.24) is 5.32 Å². The van der Waals surface area contributed by atoms with E-state index in [1.54, 1.807) is 19.1 Å². The van der Waals surface area contributed by atoms with Gasteiger partial charge in [0.25, 0.3) is 5.69 Å². The maximum atomic E-state index is 11.2. The van der Waals surface area contributed by atoms with Crippen LogP contribution in [0.4, 0.5) is 5.69 Å². The second-order valence-corrected chi connectivity index (χ2v) is 4.01. The lowest BCUT2D eigenvalue weighted by Crippen LogP contribution is -2.25. The summed E-state index contributed by atoms with van der Waals surface area (Å²) in [6.45, 7) is 2.51. The predicted octanol–water partition coefficient (Wildman–Crippen LogP) is 1.39. The van der Waals surface area contributed by atoms with E-state index in [2.05, 4.69) is 5.32 Å². The molecule has 0 heterocycles. The molecule has 0 radical (unpaired) electrons. The lowest BCUT2D eigenvalue weighted by molar-refractivity contribution is -0.385. The molecule has 1 aromatic rings. The van der Waals surface area contributed by atoms with Crippen LogP contribution in [0.5, 0.6) is 0 Å². The molecule has 0 spiro atoms. The normalized spacial score (nSPS) is 10.3. The Balaban J connectivity index is 2.80. The average molecular weight is 282 g/mol. The number of nitro groups is 1. The van der Waals surface area contributed by atoms with Gasteiger partial charge in [-0.3, -0.25) is 14.9 Å². The van der Waals surface area contributed by atoms with Crippen molar-refractivity contribution < 1.29 is 19.2 Å². The lowest BCUT2D eigenvalue weighted by Gasteiger charge is -2.10. The van der Waals surface area contributed by atoms with Crippen LogP contribution in [0.3, 0.4) is 0 Å². The first-order valence-corrected chi connectivity index (χ1v) is 6.20. The number of carbonyl (C=O) groups is 1. The minimum atomic E-state index is -0.444. The second kappa shape index (κ2) is 8.23. The molecule has 1 aromatic carbocycles. The number of nitrogens with one attached hydrogen (secondary N) is 1. The van der Waals surface area contributed by atoms with E-state index >= 15 is 0 Å². The van der Waals surface area contributed by atoms with Gasteiger partial charge < -0.3 is 14.8 Å². The first-order chi connectivity index (χ1) is 9.60. The number of rotatable bonds is 8. The molecule has 7 heteroatoms. The van der Waals surface area contributed by atoms with Crippen molar-refractivity contribution in [3.63, 3.8) is 0 Å². The fourth-order valence-corrected chi connectivity index (χ4v) is 1.79. The van der Waals surface area contributed by atoms with Crippen molar-refractivity contribution in [1.29, 1.82) is 0 Å². The van der Waals surface area contributed by atoms with Gasteiger partial charge in [0, 0.05) is 25.3 Å². The fourth-order valence-electron chi connectivity index (χ4n) is 1.79. The molecule has 110 valence electrons. The molecule has 0 bridgehead atoms. The van der Waals surface area contributed by atoms with Gasteiger partial charge in [-0.2, -0.15) is 0 Å². The third-order valence-electron chi connectivity index (χ3n) is 2.62. The van der Waals surface area contributed by atoms with Crippen LogP contribution in [0, 0.1) is 10.1 Å². The Kier molecular flexibility index (Phi) is 6.61. The molecule has 7 nitrogen and oxygen atoms in total. The maximum Gasteiger partial charge on any atom is 0.319 e. The Labute approximate surface area is 117 Å². The smallest absolute Gasteiger partial charge is 0.319 e. The molecular formula is C13H18N2O5. The lowest BCUT2D eigenvalue weighted by atomic mass is 10.1. The molecule has 0 saturated heterocycles. The first-order valence-electron chi connectivity index (χ1n) is 6.20. The van der Waals surface area contributed by atoms with Gasteiger partial charge in [0.1, 0.15) is 0 Å². The molecule has 1 N–H and O–H groups in total. The molecule has 0 saturated carbocycles. The second-order valence-electron chi connectivity index (χ2n) is 4.01. The molecule has 0 fully saturated rings. The SMILES string of the molecule is CCOC(=O)CNCc1c(COC)cccc1[N+](=O)[O-]. The van der Waals surface area contributed by atoms with Crippen molar-refractivity contribution in [3.8, 4) is 0 Å². The van der Waals surface area contributed by atoms with E-state index in [9.17, 15) is 14.9 Å². The highest BCUT2D eigenvalue weighted by Crippen LogP contribution is 2.22. The zero-order valence-electron chi connectivity index (χ0n) is 11.5. The van der Waals surface area contributed by atoms with Crippen LogP contribution in [-0.4, -0.2) is 31.2 Å². The monoisotopic (exact) mass is 282 g/mol. The average Bonchev–Trinajstić information content (AvgIpc) is 2.40. The highest BCUT2D eigenvalue weighted by molar-refractivity contribution is 5.71. The van der Waals surface area contributed by atoms with Crippen molar-refractivity contribution in [2.45, 2.75) is 20.1 Å². The molecule has 0 unspecified atom stereocenters. The van der Waals surface area contributed by atoms with E-state index in [0.29, 0.717) is 12.2 Å². The van der Waals surface area contributed by atoms with Crippen LogP contribution >= 0.6 is 0 Å². The number of benzene rings is 1. The predicted molar refractivity (Wildman–Crippen MR) is 72.1 cm³/mol. The highest BCUT2D eigenvalue weighted by Gasteiger charge is 2.17. The molecule has 0 aromatic heterocycles. The van der Waals surface area contributed by atoms with E-state index in [0.717, 1.165) is 5.56 Å². The number of esters is 1. The van der Waals surface area contributed by atoms with Gasteiger partial charge in [0.05, 0.1) is 24.7 Å². The Morgan fingerprint density at radius 3 is 2.80 bits per heavy atom. The van der Waals surface area contributed by atoms with Crippen molar-refractivity contribution in [3.05, 3.63) is 39.4 Å². The third kappa shape index (κ3) is 4.60. The summed E-state index contributed by atoms with van der Waals surface area (Å²) in [5.41, 5.74) is 1.25. The van der Waals surface area contributed by atoms with Crippen LogP contribution < -0.4 is 5.32 Å². The minimum Gasteiger partial charge on any atom is -0.465 e. The zero-order chi connectivity index (χ0) is 15.0. The summed E-state index contributed by atoms with van der Waals surface area (Å²) in [7, 11) is 1.52. The molecule has 0 amide bonds. The number of methoxy groups -OCH3 is 1. The third-order valence-corrected chi connectivity index (χ3v) is 2.62. The molecule has 0 aliphatic heterocycles. The van der Waals surface area contributed by atoms with E-state index in [4.69, 9.17) is 9.47 Å². The summed E-state index contributed by atoms with van der Waals surface area (Å²) in [4.78, 5) is 21.8. The number of hydrogen-bond donors (Lipinski definition) is 1. The van der Waals surface area contributed by atoms with Crippen LogP contribution in [0.1, 0.15) is 18.1 Å². The number of hydrogen-bond acceptors (Lipinski definition) is 6. The van der Waals surface area contributed by atoms with Gasteiger partial charge in [0.15, 0.2) is 0 Å². The summed E-state index contributed by atoms with van der Waals surface area (Å²) in [6, 6.07) is 4.81. The van der Waals surface area contributed by atoms with Crippen LogP contribution in [-0.2, 0) is 27.4 Å². The van der Waals surface area contributed by atoms with Crippen LogP contribution in [0.25, 0.3) is 0 Å². The van der Waals surface area contributed by atoms with Gasteiger partial charge in [-0.25, -0.2) is 0 Å². The molecule has 20 heavy (non-hydrogen) atoms. The highest BCUT2D eigenvalue weighted by atomic mass is 16.6. The van der Waals surface area contributed by atoms with E-state index in [1.165, 1.54) is 13.2 Å². The number of nitrogens with zero attached hydrogens (tertiary/aromatic N) is 1. The van der Waals surface area contributed by atoms with Gasteiger partial charge in [-0.1, -0.05) is 12.1 Å². The van der Waals surface area contributed by atoms with Crippen molar-refractivity contribution in [2.24, 2.45) is 0 Å². The molecule has 0 aliphatic carbocycles. The largest absolute Gasteiger partial charge is 0.465 e. The summed E-state index contributed by atoms with van der Waals surface area (Å²) < 4.78 is 9.80. The van der Waals surface area contributed by atoms with Crippen LogP contribution in [0.15, 0.2) is 18.2 Å². The van der Waals surface area contributed by atoms with Crippen molar-refractivity contribution in [2.75, 3.05) is 20.3 Å². The van der Waals surface area contributed by atoms with E-state index < -0.39 is 4.92 Å². The number of carbonyl (C=O) groups excluding carboxylic acids is 1. The van der Waals surface area contributed by atoms with Gasteiger partial charge in [0.2, 0.25) is 0 Å². The Morgan fingerprint density at radius 1 is 1.45 bits per heavy atom. The summed E-state index contributed by atoms with van der Waals surface area (Å²) in [6.07, 6.45) is 0. The zero-order valence-corrected chi connectivity index (χ0v) is 11.5. The Hall–Kier alpha value is -1.99. The fraction of sp³-hybridized carbons (Fsp3) is 0.462. The summed E-state index contributed by atoms with van der Waals surface area (Å²) in [5, 5.41) is 13.9. The molecule has 0 aliphatic rings. The topological polar surface area (TPSA) is 90.7 Å². The summed E-state index contributed by atoms with van der Waals surface area (Å²) in [5.74, 6) is -0.389. The molecule has 0 atom stereocenters. The van der Waals surface area contributed by atoms with Crippen LogP contribution in [0.2, 0.25) is 0 Å². The number of ether oxygens (including phenoxy) is 2. The van der Waals surface area contributed by atoms with E-state index in [-0.39, 0.29) is 31.4 Å². The van der Waals surface area contributed by atoms with Gasteiger partial charge in [-0.15, -0.1) is 0 Å². The minimum absolute atomic E-state index is 0.00626. The molecular weight excluding hydrogens is 264 g/mol. The standard InChI is InChI=1S/C13H18N2O5/c1-3-20-13(16)8-14-7-11-10(9-19-2)5-4-6-12(11)15(17)18/h4-6,14H,3,7-9H2,1-2H3. The van der Waals surface area contributed by atoms with E-state index in [1.807, 2.05) is 0 Å².